The number of fused-ring (bicyclic) bond motifs is 1. The average Bonchev–Trinajstić information content (AvgIpc) is 3.12. The van der Waals surface area contributed by atoms with Gasteiger partial charge in [0.25, 0.3) is 0 Å². The molecule has 9 heteroatoms. The van der Waals surface area contributed by atoms with E-state index >= 15 is 0 Å². The van der Waals surface area contributed by atoms with Crippen LogP contribution < -0.4 is 4.90 Å². The molecule has 3 heterocycles. The van der Waals surface area contributed by atoms with Crippen LogP contribution in [0.15, 0.2) is 29.6 Å². The predicted molar refractivity (Wildman–Crippen MR) is 114 cm³/mol. The first kappa shape index (κ1) is 19.2. The molecule has 0 bridgehead atoms. The molecule has 6 nitrogen and oxygen atoms in total. The number of aromatic nitrogens is 2. The summed E-state index contributed by atoms with van der Waals surface area (Å²) in [7, 11) is 0. The largest absolute Gasteiger partial charge is 0.450 e. The highest BCUT2D eigenvalue weighted by Crippen LogP contribution is 2.39. The van der Waals surface area contributed by atoms with E-state index in [1.165, 1.54) is 11.3 Å². The van der Waals surface area contributed by atoms with Gasteiger partial charge in [-0.15, -0.1) is 11.3 Å². The van der Waals surface area contributed by atoms with E-state index in [1.54, 1.807) is 4.90 Å². The van der Waals surface area contributed by atoms with Gasteiger partial charge >= 0.3 is 6.09 Å². The normalized spacial score (nSPS) is 14.5. The summed E-state index contributed by atoms with van der Waals surface area (Å²) in [4.78, 5) is 25.6. The van der Waals surface area contributed by atoms with E-state index < -0.39 is 0 Å². The summed E-state index contributed by atoms with van der Waals surface area (Å²) in [6, 6.07) is 7.71. The van der Waals surface area contributed by atoms with Gasteiger partial charge in [0.1, 0.15) is 10.6 Å². The van der Waals surface area contributed by atoms with E-state index in [0.29, 0.717) is 37.8 Å². The molecule has 146 valence electrons. The SMILES string of the molecule is CCOC(=O)N1CCN(c2nc(Cl)nc3scc(-c4ccc(Cl)cc4)c23)CC1. The molecule has 2 aromatic heterocycles. The molecule has 4 rings (SSSR count). The van der Waals surface area contributed by atoms with Gasteiger partial charge < -0.3 is 14.5 Å². The van der Waals surface area contributed by atoms with Crippen LogP contribution in [0.4, 0.5) is 10.6 Å². The van der Waals surface area contributed by atoms with Gasteiger partial charge in [0.15, 0.2) is 0 Å². The van der Waals surface area contributed by atoms with Crippen LogP contribution in [0.1, 0.15) is 6.92 Å². The molecule has 1 aromatic carbocycles. The molecule has 3 aromatic rings. The van der Waals surface area contributed by atoms with Crippen LogP contribution in [0.25, 0.3) is 21.3 Å². The van der Waals surface area contributed by atoms with E-state index in [1.807, 2.05) is 31.2 Å². The Labute approximate surface area is 176 Å². The number of amides is 1. The van der Waals surface area contributed by atoms with Crippen molar-refractivity contribution in [1.82, 2.24) is 14.9 Å². The highest BCUT2D eigenvalue weighted by Gasteiger charge is 2.26. The lowest BCUT2D eigenvalue weighted by atomic mass is 10.1. The van der Waals surface area contributed by atoms with Crippen LogP contribution in [0.3, 0.4) is 0 Å². The number of carbonyl (C=O) groups is 1. The fourth-order valence-electron chi connectivity index (χ4n) is 3.28. The topological polar surface area (TPSA) is 58.6 Å². The molecule has 1 fully saturated rings. The van der Waals surface area contributed by atoms with Crippen molar-refractivity contribution in [2.24, 2.45) is 0 Å². The third kappa shape index (κ3) is 3.74. The molecular formula is C19H18Cl2N4O2S. The fraction of sp³-hybridized carbons (Fsp3) is 0.316. The first-order valence-electron chi connectivity index (χ1n) is 8.94. The third-order valence-electron chi connectivity index (χ3n) is 4.65. The van der Waals surface area contributed by atoms with Gasteiger partial charge in [0, 0.05) is 42.1 Å². The number of thiophene rings is 1. The molecule has 1 aliphatic rings. The first-order chi connectivity index (χ1) is 13.6. The number of piperazine rings is 1. The maximum Gasteiger partial charge on any atom is 0.409 e. The van der Waals surface area contributed by atoms with Gasteiger partial charge in [-0.3, -0.25) is 0 Å². The van der Waals surface area contributed by atoms with Crippen molar-refractivity contribution in [2.45, 2.75) is 6.92 Å². The summed E-state index contributed by atoms with van der Waals surface area (Å²) >= 11 is 13.8. The van der Waals surface area contributed by atoms with Crippen LogP contribution >= 0.6 is 34.5 Å². The van der Waals surface area contributed by atoms with Gasteiger partial charge in [0.2, 0.25) is 5.28 Å². The second kappa shape index (κ2) is 8.11. The zero-order valence-corrected chi connectivity index (χ0v) is 17.5. The Morgan fingerprint density at radius 2 is 1.86 bits per heavy atom. The molecule has 0 N–H and O–H groups in total. The Kier molecular flexibility index (Phi) is 5.57. The molecule has 1 saturated heterocycles. The average molecular weight is 437 g/mol. The van der Waals surface area contributed by atoms with Crippen LogP contribution in [-0.2, 0) is 4.74 Å². The predicted octanol–water partition coefficient (Wildman–Crippen LogP) is 4.94. The number of anilines is 1. The van der Waals surface area contributed by atoms with Gasteiger partial charge in [-0.25, -0.2) is 9.78 Å². The van der Waals surface area contributed by atoms with Gasteiger partial charge in [-0.05, 0) is 36.2 Å². The second-order valence-electron chi connectivity index (χ2n) is 6.33. The van der Waals surface area contributed by atoms with Crippen molar-refractivity contribution < 1.29 is 9.53 Å². The van der Waals surface area contributed by atoms with Crippen LogP contribution in [-0.4, -0.2) is 53.7 Å². The molecule has 1 aliphatic heterocycles. The van der Waals surface area contributed by atoms with Crippen molar-refractivity contribution in [3.05, 3.63) is 40.0 Å². The fourth-order valence-corrected chi connectivity index (χ4v) is 4.57. The van der Waals surface area contributed by atoms with Gasteiger partial charge in [-0.2, -0.15) is 4.98 Å². The molecule has 0 unspecified atom stereocenters. The van der Waals surface area contributed by atoms with E-state index in [-0.39, 0.29) is 11.4 Å². The zero-order chi connectivity index (χ0) is 19.7. The Hall–Kier alpha value is -2.09. The lowest BCUT2D eigenvalue weighted by Gasteiger charge is -2.35. The molecule has 0 atom stereocenters. The number of hydrogen-bond acceptors (Lipinski definition) is 6. The zero-order valence-electron chi connectivity index (χ0n) is 15.2. The van der Waals surface area contributed by atoms with Crippen molar-refractivity contribution in [3.63, 3.8) is 0 Å². The minimum atomic E-state index is -0.273. The Morgan fingerprint density at radius 1 is 1.14 bits per heavy atom. The van der Waals surface area contributed by atoms with Crippen LogP contribution in [0.2, 0.25) is 10.3 Å². The minimum Gasteiger partial charge on any atom is -0.450 e. The maximum atomic E-state index is 12.0. The lowest BCUT2D eigenvalue weighted by Crippen LogP contribution is -2.49. The lowest BCUT2D eigenvalue weighted by molar-refractivity contribution is 0.105. The summed E-state index contributed by atoms with van der Waals surface area (Å²) in [5, 5.41) is 3.95. The number of benzene rings is 1. The monoisotopic (exact) mass is 436 g/mol. The number of nitrogens with zero attached hydrogens (tertiary/aromatic N) is 4. The van der Waals surface area contributed by atoms with Crippen molar-refractivity contribution in [1.29, 1.82) is 0 Å². The van der Waals surface area contributed by atoms with Crippen molar-refractivity contribution >= 4 is 56.7 Å². The standard InChI is InChI=1S/C19H18Cl2N4O2S/c1-2-27-19(26)25-9-7-24(8-10-25)16-15-14(12-3-5-13(20)6-4-12)11-28-17(15)23-18(21)22-16/h3-6,11H,2,7-10H2,1H3. The van der Waals surface area contributed by atoms with E-state index in [2.05, 4.69) is 20.2 Å². The summed E-state index contributed by atoms with van der Waals surface area (Å²) in [6.07, 6.45) is -0.273. The van der Waals surface area contributed by atoms with Crippen LogP contribution in [0.5, 0.6) is 0 Å². The Morgan fingerprint density at radius 3 is 2.54 bits per heavy atom. The quantitative estimate of drug-likeness (QED) is 0.543. The van der Waals surface area contributed by atoms with Crippen LogP contribution in [0, 0.1) is 0 Å². The van der Waals surface area contributed by atoms with E-state index in [0.717, 1.165) is 27.2 Å². The molecule has 0 radical (unpaired) electrons. The maximum absolute atomic E-state index is 12.0. The first-order valence-corrected chi connectivity index (χ1v) is 10.6. The molecule has 0 saturated carbocycles. The summed E-state index contributed by atoms with van der Waals surface area (Å²) in [5.41, 5.74) is 2.10. The highest BCUT2D eigenvalue weighted by atomic mass is 35.5. The number of ether oxygens (including phenoxy) is 1. The number of hydrogen-bond donors (Lipinski definition) is 0. The number of carbonyl (C=O) groups excluding carboxylic acids is 1. The summed E-state index contributed by atoms with van der Waals surface area (Å²) in [6.45, 7) is 4.63. The Bertz CT molecular complexity index is 1000. The smallest absolute Gasteiger partial charge is 0.409 e. The third-order valence-corrected chi connectivity index (χ3v) is 5.94. The minimum absolute atomic E-state index is 0.222. The summed E-state index contributed by atoms with van der Waals surface area (Å²) < 4.78 is 5.10. The van der Waals surface area contributed by atoms with E-state index in [4.69, 9.17) is 27.9 Å². The summed E-state index contributed by atoms with van der Waals surface area (Å²) in [5.74, 6) is 0.796. The second-order valence-corrected chi connectivity index (χ2v) is 7.96. The number of rotatable bonds is 3. The molecular weight excluding hydrogens is 419 g/mol. The number of halogens is 2. The molecule has 28 heavy (non-hydrogen) atoms. The van der Waals surface area contributed by atoms with E-state index in [9.17, 15) is 4.79 Å². The Balaban J connectivity index is 1.68. The highest BCUT2D eigenvalue weighted by molar-refractivity contribution is 7.17. The molecule has 1 amide bonds. The van der Waals surface area contributed by atoms with Crippen molar-refractivity contribution in [3.8, 4) is 11.1 Å². The van der Waals surface area contributed by atoms with Crippen molar-refractivity contribution in [2.75, 3.05) is 37.7 Å². The van der Waals surface area contributed by atoms with Gasteiger partial charge in [-0.1, -0.05) is 23.7 Å². The van der Waals surface area contributed by atoms with Gasteiger partial charge in [0.05, 0.1) is 12.0 Å². The molecule has 0 spiro atoms. The molecule has 0 aliphatic carbocycles.